The van der Waals surface area contributed by atoms with E-state index in [1.807, 2.05) is 0 Å². The maximum atomic E-state index is 12.0. The highest BCUT2D eigenvalue weighted by atomic mass is 35.5. The number of rotatable bonds is 5. The van der Waals surface area contributed by atoms with E-state index >= 15 is 0 Å². The van der Waals surface area contributed by atoms with Gasteiger partial charge in [-0.25, -0.2) is 4.79 Å². The van der Waals surface area contributed by atoms with Gasteiger partial charge in [0.25, 0.3) is 0 Å². The third kappa shape index (κ3) is 3.46. The monoisotopic (exact) mass is 326 g/mol. The Morgan fingerprint density at radius 3 is 2.90 bits per heavy atom. The molecule has 0 fully saturated rings. The lowest BCUT2D eigenvalue weighted by Gasteiger charge is -2.10. The molecular weight excluding hydrogens is 312 g/mol. The van der Waals surface area contributed by atoms with Crippen LogP contribution in [0.1, 0.15) is 23.0 Å². The van der Waals surface area contributed by atoms with Gasteiger partial charge in [-0.2, -0.15) is 4.37 Å². The number of aromatic nitrogens is 1. The summed E-state index contributed by atoms with van der Waals surface area (Å²) >= 11 is 7.34. The van der Waals surface area contributed by atoms with Crippen LogP contribution in [0, 0.1) is 6.92 Å². The van der Waals surface area contributed by atoms with Crippen LogP contribution in [0.5, 0.6) is 5.75 Å². The molecule has 0 aliphatic rings. The number of carbonyl (C=O) groups excluding carboxylic acids is 1. The molecular formula is C14H15ClN2O3S. The molecule has 0 bridgehead atoms. The molecule has 112 valence electrons. The van der Waals surface area contributed by atoms with Crippen LogP contribution in [-0.4, -0.2) is 24.1 Å². The Balaban J connectivity index is 2.34. The van der Waals surface area contributed by atoms with Gasteiger partial charge in [-0.1, -0.05) is 11.6 Å². The number of nitrogens with zero attached hydrogens (tertiary/aromatic N) is 1. The summed E-state index contributed by atoms with van der Waals surface area (Å²) in [5, 5.41) is 4.24. The summed E-state index contributed by atoms with van der Waals surface area (Å²) in [4.78, 5) is 12.0. The van der Waals surface area contributed by atoms with Crippen molar-refractivity contribution in [2.45, 2.75) is 13.8 Å². The first-order valence-corrected chi connectivity index (χ1v) is 7.46. The maximum absolute atomic E-state index is 12.0. The minimum absolute atomic E-state index is 0.313. The molecule has 0 amide bonds. The predicted octanol–water partition coefficient (Wildman–Crippen LogP) is 4.03. The average Bonchev–Trinajstić information content (AvgIpc) is 2.82. The average molecular weight is 327 g/mol. The number of esters is 1. The van der Waals surface area contributed by atoms with E-state index in [0.29, 0.717) is 39.3 Å². The van der Waals surface area contributed by atoms with Crippen molar-refractivity contribution >= 4 is 39.8 Å². The normalized spacial score (nSPS) is 10.3. The minimum Gasteiger partial charge on any atom is -0.497 e. The van der Waals surface area contributed by atoms with Gasteiger partial charge < -0.3 is 14.8 Å². The molecule has 2 rings (SSSR count). The van der Waals surface area contributed by atoms with Crippen LogP contribution in [0.4, 0.5) is 10.7 Å². The van der Waals surface area contributed by atoms with Gasteiger partial charge in [0.1, 0.15) is 16.3 Å². The van der Waals surface area contributed by atoms with Crippen LogP contribution in [-0.2, 0) is 4.74 Å². The summed E-state index contributed by atoms with van der Waals surface area (Å²) in [6.45, 7) is 3.84. The number of anilines is 2. The molecule has 0 saturated carbocycles. The molecule has 0 unspecified atom stereocenters. The Hall–Kier alpha value is -1.79. The van der Waals surface area contributed by atoms with Crippen molar-refractivity contribution in [1.29, 1.82) is 0 Å². The number of halogens is 1. The van der Waals surface area contributed by atoms with Crippen molar-refractivity contribution < 1.29 is 14.3 Å². The zero-order valence-corrected chi connectivity index (χ0v) is 13.5. The van der Waals surface area contributed by atoms with Gasteiger partial charge in [0.05, 0.1) is 30.1 Å². The lowest BCUT2D eigenvalue weighted by molar-refractivity contribution is 0.0527. The molecule has 1 aromatic heterocycles. The fourth-order valence-corrected chi connectivity index (χ4v) is 2.71. The molecule has 0 saturated heterocycles. The molecule has 1 N–H and O–H groups in total. The number of hydrogen-bond donors (Lipinski definition) is 1. The largest absolute Gasteiger partial charge is 0.497 e. The van der Waals surface area contributed by atoms with Gasteiger partial charge in [-0.05, 0) is 37.5 Å². The molecule has 0 atom stereocenters. The molecule has 1 aromatic carbocycles. The Labute approximate surface area is 132 Å². The van der Waals surface area contributed by atoms with E-state index in [1.54, 1.807) is 39.2 Å². The molecule has 1 heterocycles. The fourth-order valence-electron chi connectivity index (χ4n) is 1.75. The molecule has 2 aromatic rings. The number of carbonyl (C=O) groups is 1. The highest BCUT2D eigenvalue weighted by molar-refractivity contribution is 7.10. The number of aryl methyl sites for hydroxylation is 1. The van der Waals surface area contributed by atoms with Crippen molar-refractivity contribution in [2.24, 2.45) is 0 Å². The molecule has 0 aliphatic heterocycles. The van der Waals surface area contributed by atoms with Crippen LogP contribution in [0.15, 0.2) is 18.2 Å². The summed E-state index contributed by atoms with van der Waals surface area (Å²) in [5.41, 5.74) is 1.70. The number of ether oxygens (including phenoxy) is 2. The van der Waals surface area contributed by atoms with E-state index in [2.05, 4.69) is 9.69 Å². The Morgan fingerprint density at radius 2 is 2.24 bits per heavy atom. The van der Waals surface area contributed by atoms with E-state index in [-0.39, 0.29) is 0 Å². The molecule has 0 spiro atoms. The van der Waals surface area contributed by atoms with E-state index in [4.69, 9.17) is 21.1 Å². The van der Waals surface area contributed by atoms with Crippen LogP contribution in [0.25, 0.3) is 0 Å². The summed E-state index contributed by atoms with van der Waals surface area (Å²) < 4.78 is 14.4. The van der Waals surface area contributed by atoms with Gasteiger partial charge in [-0.3, -0.25) is 0 Å². The Morgan fingerprint density at radius 1 is 1.48 bits per heavy atom. The first-order valence-electron chi connectivity index (χ1n) is 6.30. The second kappa shape index (κ2) is 6.78. The molecule has 0 aliphatic carbocycles. The third-order valence-electron chi connectivity index (χ3n) is 2.76. The van der Waals surface area contributed by atoms with Gasteiger partial charge in [0.15, 0.2) is 0 Å². The van der Waals surface area contributed by atoms with Crippen LogP contribution in [0.3, 0.4) is 0 Å². The molecule has 21 heavy (non-hydrogen) atoms. The Kier molecular flexibility index (Phi) is 5.03. The highest BCUT2D eigenvalue weighted by Crippen LogP contribution is 2.33. The maximum Gasteiger partial charge on any atom is 0.343 e. The van der Waals surface area contributed by atoms with Crippen LogP contribution in [0.2, 0.25) is 5.02 Å². The van der Waals surface area contributed by atoms with Gasteiger partial charge >= 0.3 is 5.97 Å². The van der Waals surface area contributed by atoms with Crippen molar-refractivity contribution in [3.8, 4) is 5.75 Å². The quantitative estimate of drug-likeness (QED) is 0.840. The number of hydrogen-bond acceptors (Lipinski definition) is 6. The second-order valence-electron chi connectivity index (χ2n) is 4.16. The first kappa shape index (κ1) is 15.6. The number of nitrogens with one attached hydrogen (secondary N) is 1. The molecule has 0 radical (unpaired) electrons. The van der Waals surface area contributed by atoms with E-state index in [1.165, 1.54) is 11.5 Å². The van der Waals surface area contributed by atoms with E-state index < -0.39 is 5.97 Å². The van der Waals surface area contributed by atoms with Crippen molar-refractivity contribution in [1.82, 2.24) is 4.37 Å². The summed E-state index contributed by atoms with van der Waals surface area (Å²) in [6.07, 6.45) is 0. The van der Waals surface area contributed by atoms with Crippen molar-refractivity contribution in [3.05, 3.63) is 34.5 Å². The highest BCUT2D eigenvalue weighted by Gasteiger charge is 2.20. The molecule has 7 heteroatoms. The SMILES string of the molecule is CCOC(=O)c1c(C)nsc1Nc1cc(OC)ccc1Cl. The lowest BCUT2D eigenvalue weighted by Crippen LogP contribution is -2.07. The topological polar surface area (TPSA) is 60.5 Å². The van der Waals surface area contributed by atoms with E-state index in [9.17, 15) is 4.79 Å². The summed E-state index contributed by atoms with van der Waals surface area (Å²) in [7, 11) is 1.58. The summed E-state index contributed by atoms with van der Waals surface area (Å²) in [5.74, 6) is 0.270. The fraction of sp³-hybridized carbons (Fsp3) is 0.286. The lowest BCUT2D eigenvalue weighted by atomic mass is 10.2. The van der Waals surface area contributed by atoms with Gasteiger partial charge in [0.2, 0.25) is 0 Å². The van der Waals surface area contributed by atoms with Gasteiger partial charge in [0, 0.05) is 6.07 Å². The van der Waals surface area contributed by atoms with Crippen molar-refractivity contribution in [2.75, 3.05) is 19.0 Å². The van der Waals surface area contributed by atoms with Crippen LogP contribution < -0.4 is 10.1 Å². The smallest absolute Gasteiger partial charge is 0.343 e. The number of benzene rings is 1. The third-order valence-corrected chi connectivity index (χ3v) is 3.95. The standard InChI is InChI=1S/C14H15ClN2O3S/c1-4-20-14(18)12-8(2)17-21-13(12)16-11-7-9(19-3)5-6-10(11)15/h5-7,16H,4H2,1-3H3. The molecule has 5 nitrogen and oxygen atoms in total. The zero-order chi connectivity index (χ0) is 15.4. The van der Waals surface area contributed by atoms with Crippen molar-refractivity contribution in [3.63, 3.8) is 0 Å². The minimum atomic E-state index is -0.398. The predicted molar refractivity (Wildman–Crippen MR) is 84.1 cm³/mol. The van der Waals surface area contributed by atoms with E-state index in [0.717, 1.165) is 0 Å². The zero-order valence-electron chi connectivity index (χ0n) is 11.9. The first-order chi connectivity index (χ1) is 10.1. The van der Waals surface area contributed by atoms with Gasteiger partial charge in [-0.15, -0.1) is 0 Å². The second-order valence-corrected chi connectivity index (χ2v) is 5.34. The Bertz CT molecular complexity index is 658. The number of methoxy groups -OCH3 is 1. The summed E-state index contributed by atoms with van der Waals surface area (Å²) in [6, 6.07) is 5.24. The van der Waals surface area contributed by atoms with Crippen LogP contribution >= 0.6 is 23.1 Å².